The maximum Gasteiger partial charge on any atom is 0.105 e. The van der Waals surface area contributed by atoms with Gasteiger partial charge < -0.3 is 14.4 Å². The van der Waals surface area contributed by atoms with Crippen molar-refractivity contribution < 1.29 is 0 Å². The van der Waals surface area contributed by atoms with E-state index in [1.807, 2.05) is 6.20 Å². The zero-order chi connectivity index (χ0) is 14.5. The number of nitrogens with zero attached hydrogens (tertiary/aromatic N) is 4. The number of imidazole rings is 1. The monoisotopic (exact) mass is 278 g/mol. The molecular weight excluding hydrogens is 248 g/mol. The predicted octanol–water partition coefficient (Wildman–Crippen LogP) is 2.24. The van der Waals surface area contributed by atoms with Crippen LogP contribution in [-0.4, -0.2) is 58.6 Å². The van der Waals surface area contributed by atoms with Crippen LogP contribution in [0.1, 0.15) is 32.5 Å². The van der Waals surface area contributed by atoms with Crippen molar-refractivity contribution >= 4 is 0 Å². The molecule has 0 spiro atoms. The fraction of sp³-hybridized carbons (Fsp3) is 0.812. The van der Waals surface area contributed by atoms with E-state index in [0.29, 0.717) is 6.04 Å². The first-order valence-electron chi connectivity index (χ1n) is 7.96. The van der Waals surface area contributed by atoms with Gasteiger partial charge >= 0.3 is 0 Å². The van der Waals surface area contributed by atoms with Gasteiger partial charge in [0, 0.05) is 38.1 Å². The largest absolute Gasteiger partial charge is 0.335 e. The lowest BCUT2D eigenvalue weighted by Crippen LogP contribution is -2.32. The molecule has 0 amide bonds. The zero-order valence-electron chi connectivity index (χ0n) is 13.5. The summed E-state index contributed by atoms with van der Waals surface area (Å²) in [5, 5.41) is 0. The number of hydrogen-bond donors (Lipinski definition) is 0. The van der Waals surface area contributed by atoms with Crippen molar-refractivity contribution in [3.8, 4) is 0 Å². The molecule has 0 saturated carbocycles. The molecule has 0 bridgehead atoms. The van der Waals surface area contributed by atoms with Crippen LogP contribution in [0.25, 0.3) is 0 Å². The number of likely N-dealkylation sites (tertiary alicyclic amines) is 1. The molecule has 2 rings (SSSR count). The van der Waals surface area contributed by atoms with Crippen LogP contribution in [0.4, 0.5) is 0 Å². The highest BCUT2D eigenvalue weighted by Gasteiger charge is 2.24. The summed E-state index contributed by atoms with van der Waals surface area (Å²) < 4.78 is 2.24. The molecule has 1 aliphatic rings. The molecule has 0 aromatic carbocycles. The van der Waals surface area contributed by atoms with Crippen LogP contribution in [0.3, 0.4) is 0 Å². The Labute approximate surface area is 123 Å². The molecule has 1 aromatic heterocycles. The molecule has 1 aromatic rings. The molecule has 20 heavy (non-hydrogen) atoms. The van der Waals surface area contributed by atoms with Gasteiger partial charge in [-0.1, -0.05) is 0 Å². The van der Waals surface area contributed by atoms with Crippen molar-refractivity contribution in [3.63, 3.8) is 0 Å². The molecule has 0 N–H and O–H groups in total. The van der Waals surface area contributed by atoms with Gasteiger partial charge in [0.15, 0.2) is 0 Å². The topological polar surface area (TPSA) is 24.3 Å². The first-order chi connectivity index (χ1) is 9.56. The summed E-state index contributed by atoms with van der Waals surface area (Å²) in [6, 6.07) is 0.703. The van der Waals surface area contributed by atoms with Gasteiger partial charge in [0.2, 0.25) is 0 Å². The fourth-order valence-electron chi connectivity index (χ4n) is 3.16. The van der Waals surface area contributed by atoms with Crippen molar-refractivity contribution in [3.05, 3.63) is 18.2 Å². The van der Waals surface area contributed by atoms with Gasteiger partial charge in [-0.15, -0.1) is 0 Å². The smallest absolute Gasteiger partial charge is 0.105 e. The van der Waals surface area contributed by atoms with Crippen molar-refractivity contribution in [2.75, 3.05) is 33.2 Å². The Morgan fingerprint density at radius 1 is 1.45 bits per heavy atom. The van der Waals surface area contributed by atoms with Gasteiger partial charge in [0.05, 0.1) is 0 Å². The zero-order valence-corrected chi connectivity index (χ0v) is 13.5. The summed E-state index contributed by atoms with van der Waals surface area (Å²) in [6.07, 6.45) is 6.53. The normalized spacial score (nSPS) is 20.4. The minimum atomic E-state index is 0.703. The van der Waals surface area contributed by atoms with Gasteiger partial charge in [0.25, 0.3) is 0 Å². The highest BCUT2D eigenvalue weighted by molar-refractivity contribution is 4.88. The molecule has 2 heterocycles. The Morgan fingerprint density at radius 2 is 2.25 bits per heavy atom. The van der Waals surface area contributed by atoms with E-state index in [9.17, 15) is 0 Å². The molecule has 4 heteroatoms. The number of hydrogen-bond acceptors (Lipinski definition) is 3. The summed E-state index contributed by atoms with van der Waals surface area (Å²) in [5.74, 6) is 1.98. The predicted molar refractivity (Wildman–Crippen MR) is 83.9 cm³/mol. The molecule has 1 unspecified atom stereocenters. The summed E-state index contributed by atoms with van der Waals surface area (Å²) in [6.45, 7) is 12.7. The summed E-state index contributed by atoms with van der Waals surface area (Å²) in [4.78, 5) is 9.37. The van der Waals surface area contributed by atoms with Crippen LogP contribution in [0.5, 0.6) is 0 Å². The summed E-state index contributed by atoms with van der Waals surface area (Å²) in [5.41, 5.74) is 0. The van der Waals surface area contributed by atoms with E-state index < -0.39 is 0 Å². The second-order valence-corrected chi connectivity index (χ2v) is 6.53. The average molecular weight is 278 g/mol. The fourth-order valence-corrected chi connectivity index (χ4v) is 3.16. The lowest BCUT2D eigenvalue weighted by molar-refractivity contribution is 0.235. The lowest BCUT2D eigenvalue weighted by atomic mass is 10.1. The van der Waals surface area contributed by atoms with Crippen molar-refractivity contribution in [2.24, 2.45) is 5.92 Å². The molecule has 114 valence electrons. The first kappa shape index (κ1) is 15.5. The van der Waals surface area contributed by atoms with Gasteiger partial charge in [-0.25, -0.2) is 4.98 Å². The van der Waals surface area contributed by atoms with Gasteiger partial charge in [-0.05, 0) is 59.7 Å². The average Bonchev–Trinajstić information content (AvgIpc) is 2.99. The van der Waals surface area contributed by atoms with E-state index in [2.05, 4.69) is 53.4 Å². The van der Waals surface area contributed by atoms with E-state index in [1.165, 1.54) is 39.0 Å². The van der Waals surface area contributed by atoms with Crippen LogP contribution in [0.15, 0.2) is 12.4 Å². The maximum atomic E-state index is 4.27. The first-order valence-corrected chi connectivity index (χ1v) is 7.96. The minimum Gasteiger partial charge on any atom is -0.335 e. The van der Waals surface area contributed by atoms with Gasteiger partial charge in [-0.3, -0.25) is 0 Å². The Morgan fingerprint density at radius 3 is 2.85 bits per heavy atom. The third kappa shape index (κ3) is 4.32. The molecular formula is C16H30N4. The molecule has 4 nitrogen and oxygen atoms in total. The minimum absolute atomic E-state index is 0.703. The van der Waals surface area contributed by atoms with E-state index in [0.717, 1.165) is 18.3 Å². The standard InChI is InChI=1S/C16H30N4/c1-14(2)20-10-6-16(13-20)12-18(4)8-5-9-19-11-7-17-15(19)3/h7,11,14,16H,5-6,8-10,12-13H2,1-4H3. The summed E-state index contributed by atoms with van der Waals surface area (Å²) >= 11 is 0. The maximum absolute atomic E-state index is 4.27. The van der Waals surface area contributed by atoms with Crippen LogP contribution in [0, 0.1) is 12.8 Å². The third-order valence-corrected chi connectivity index (χ3v) is 4.48. The quantitative estimate of drug-likeness (QED) is 0.764. The second-order valence-electron chi connectivity index (χ2n) is 6.53. The Kier molecular flexibility index (Phi) is 5.61. The van der Waals surface area contributed by atoms with Crippen LogP contribution >= 0.6 is 0 Å². The van der Waals surface area contributed by atoms with Crippen LogP contribution in [-0.2, 0) is 6.54 Å². The molecule has 0 aliphatic carbocycles. The molecule has 1 saturated heterocycles. The van der Waals surface area contributed by atoms with E-state index in [-0.39, 0.29) is 0 Å². The van der Waals surface area contributed by atoms with Gasteiger partial charge in [0.1, 0.15) is 5.82 Å². The Hall–Kier alpha value is -0.870. The van der Waals surface area contributed by atoms with E-state index in [1.54, 1.807) is 0 Å². The SMILES string of the molecule is Cc1nccn1CCCN(C)CC1CCN(C(C)C)C1. The Balaban J connectivity index is 1.63. The summed E-state index contributed by atoms with van der Waals surface area (Å²) in [7, 11) is 2.26. The highest BCUT2D eigenvalue weighted by atomic mass is 15.2. The lowest BCUT2D eigenvalue weighted by Gasteiger charge is -2.23. The van der Waals surface area contributed by atoms with Crippen molar-refractivity contribution in [1.82, 2.24) is 19.4 Å². The molecule has 0 radical (unpaired) electrons. The third-order valence-electron chi connectivity index (χ3n) is 4.48. The van der Waals surface area contributed by atoms with Crippen LogP contribution < -0.4 is 0 Å². The Bertz CT molecular complexity index is 399. The highest BCUT2D eigenvalue weighted by Crippen LogP contribution is 2.19. The number of aryl methyl sites for hydroxylation is 2. The second kappa shape index (κ2) is 7.23. The van der Waals surface area contributed by atoms with Gasteiger partial charge in [-0.2, -0.15) is 0 Å². The molecule has 1 atom stereocenters. The van der Waals surface area contributed by atoms with Crippen molar-refractivity contribution in [2.45, 2.75) is 46.2 Å². The van der Waals surface area contributed by atoms with Crippen LogP contribution in [0.2, 0.25) is 0 Å². The van der Waals surface area contributed by atoms with E-state index in [4.69, 9.17) is 0 Å². The van der Waals surface area contributed by atoms with Crippen molar-refractivity contribution in [1.29, 1.82) is 0 Å². The number of rotatable bonds is 7. The van der Waals surface area contributed by atoms with E-state index >= 15 is 0 Å². The molecule has 1 fully saturated rings. The molecule has 1 aliphatic heterocycles. The number of aromatic nitrogens is 2.